The molecule has 0 saturated heterocycles. The average molecular weight is 247 g/mol. The monoisotopic (exact) mass is 247 g/mol. The maximum Gasteiger partial charge on any atom is 0.254 e. The van der Waals surface area contributed by atoms with E-state index in [1.165, 1.54) is 0 Å². The Morgan fingerprint density at radius 1 is 1.39 bits per heavy atom. The van der Waals surface area contributed by atoms with Gasteiger partial charge in [-0.15, -0.1) is 0 Å². The second kappa shape index (κ2) is 4.68. The number of hydrogen-bond acceptors (Lipinski definition) is 4. The van der Waals surface area contributed by atoms with Crippen LogP contribution in [0.1, 0.15) is 20.3 Å². The highest BCUT2D eigenvalue weighted by atomic mass is 16.5. The molecule has 0 radical (unpaired) electrons. The third-order valence-electron chi connectivity index (χ3n) is 3.12. The van der Waals surface area contributed by atoms with Gasteiger partial charge in [-0.3, -0.25) is 10.1 Å². The van der Waals surface area contributed by atoms with Crippen molar-refractivity contribution in [2.75, 3.05) is 12.4 Å². The predicted octanol–water partition coefficient (Wildman–Crippen LogP) is 1.76. The number of carbonyl (C=O) groups excluding carboxylic acids is 1. The molecule has 1 amide bonds. The number of amides is 1. The number of carbonyl (C=O) groups is 1. The Labute approximate surface area is 106 Å². The Kier molecular flexibility index (Phi) is 3.23. The maximum atomic E-state index is 11.7. The molecular weight excluding hydrogens is 230 g/mol. The van der Waals surface area contributed by atoms with Crippen molar-refractivity contribution < 1.29 is 9.53 Å². The molecule has 1 aromatic rings. The van der Waals surface area contributed by atoms with Crippen molar-refractivity contribution in [2.45, 2.75) is 25.8 Å². The average Bonchev–Trinajstić information content (AvgIpc) is 2.66. The van der Waals surface area contributed by atoms with Crippen molar-refractivity contribution >= 4 is 17.6 Å². The highest BCUT2D eigenvalue weighted by Crippen LogP contribution is 2.21. The van der Waals surface area contributed by atoms with E-state index in [9.17, 15) is 4.79 Å². The number of anilines is 1. The first kappa shape index (κ1) is 12.4. The first-order valence-corrected chi connectivity index (χ1v) is 5.90. The van der Waals surface area contributed by atoms with Crippen LogP contribution in [0.5, 0.6) is 5.75 Å². The lowest BCUT2D eigenvalue weighted by atomic mass is 10.0. The summed E-state index contributed by atoms with van der Waals surface area (Å²) in [5.41, 5.74) is 0.199. The van der Waals surface area contributed by atoms with Crippen molar-refractivity contribution in [3.8, 4) is 5.75 Å². The molecule has 1 heterocycles. The molecule has 0 fully saturated rings. The summed E-state index contributed by atoms with van der Waals surface area (Å²) in [5, 5.41) is 5.82. The number of hydrogen-bond donors (Lipinski definition) is 2. The zero-order chi connectivity index (χ0) is 13.2. The lowest BCUT2D eigenvalue weighted by Gasteiger charge is -2.12. The van der Waals surface area contributed by atoms with Crippen LogP contribution in [0.25, 0.3) is 0 Å². The molecule has 0 spiro atoms. The summed E-state index contributed by atoms with van der Waals surface area (Å²) >= 11 is 0. The minimum atomic E-state index is -0.658. The highest BCUT2D eigenvalue weighted by molar-refractivity contribution is 6.12. The topological polar surface area (TPSA) is 62.7 Å². The first-order valence-electron chi connectivity index (χ1n) is 5.90. The summed E-state index contributed by atoms with van der Waals surface area (Å²) in [6, 6.07) is 7.43. The van der Waals surface area contributed by atoms with Crippen molar-refractivity contribution in [3.05, 3.63) is 24.3 Å². The van der Waals surface area contributed by atoms with Crippen molar-refractivity contribution in [2.24, 2.45) is 4.99 Å². The van der Waals surface area contributed by atoms with E-state index in [-0.39, 0.29) is 5.91 Å². The number of rotatable bonds is 3. The van der Waals surface area contributed by atoms with E-state index in [0.29, 0.717) is 12.4 Å². The van der Waals surface area contributed by atoms with Gasteiger partial charge >= 0.3 is 0 Å². The molecule has 0 saturated carbocycles. The van der Waals surface area contributed by atoms with Crippen LogP contribution in [0, 0.1) is 0 Å². The van der Waals surface area contributed by atoms with Gasteiger partial charge in [-0.05, 0) is 37.6 Å². The molecule has 1 unspecified atom stereocenters. The number of methoxy groups -OCH3 is 1. The quantitative estimate of drug-likeness (QED) is 0.855. The van der Waals surface area contributed by atoms with Crippen LogP contribution in [0.15, 0.2) is 29.3 Å². The van der Waals surface area contributed by atoms with E-state index in [2.05, 4.69) is 15.6 Å². The Hall–Kier alpha value is -2.04. The van der Waals surface area contributed by atoms with Gasteiger partial charge < -0.3 is 10.1 Å². The van der Waals surface area contributed by atoms with Crippen molar-refractivity contribution in [1.82, 2.24) is 5.32 Å². The van der Waals surface area contributed by atoms with E-state index < -0.39 is 5.54 Å². The normalized spacial score (nSPS) is 22.4. The van der Waals surface area contributed by atoms with Crippen LogP contribution in [-0.4, -0.2) is 24.5 Å². The molecular formula is C13H17N3O2. The fraction of sp³-hybridized carbons (Fsp3) is 0.385. The number of nitrogens with zero attached hydrogens (tertiary/aromatic N) is 1. The SMILES string of the molecule is CCC1(C)N=C(Nc2ccc(OC)cc2)NC1=O. The number of benzene rings is 1. The zero-order valence-electron chi connectivity index (χ0n) is 10.8. The summed E-state index contributed by atoms with van der Waals surface area (Å²) in [4.78, 5) is 16.1. The van der Waals surface area contributed by atoms with Crippen LogP contribution in [0.4, 0.5) is 5.69 Å². The second-order valence-electron chi connectivity index (χ2n) is 4.40. The molecule has 0 bridgehead atoms. The largest absolute Gasteiger partial charge is 0.497 e. The fourth-order valence-corrected chi connectivity index (χ4v) is 1.68. The first-order chi connectivity index (χ1) is 8.57. The molecule has 1 atom stereocenters. The van der Waals surface area contributed by atoms with E-state index >= 15 is 0 Å². The third kappa shape index (κ3) is 2.30. The van der Waals surface area contributed by atoms with Gasteiger partial charge in [0.2, 0.25) is 5.96 Å². The molecule has 18 heavy (non-hydrogen) atoms. The summed E-state index contributed by atoms with van der Waals surface area (Å²) in [7, 11) is 1.62. The predicted molar refractivity (Wildman–Crippen MR) is 70.9 cm³/mol. The van der Waals surface area contributed by atoms with Crippen molar-refractivity contribution in [1.29, 1.82) is 0 Å². The Balaban J connectivity index is 2.10. The van der Waals surface area contributed by atoms with E-state index in [4.69, 9.17) is 4.74 Å². The van der Waals surface area contributed by atoms with Crippen LogP contribution >= 0.6 is 0 Å². The summed E-state index contributed by atoms with van der Waals surface area (Å²) < 4.78 is 5.08. The Morgan fingerprint density at radius 2 is 2.06 bits per heavy atom. The minimum Gasteiger partial charge on any atom is -0.497 e. The third-order valence-corrected chi connectivity index (χ3v) is 3.12. The van der Waals surface area contributed by atoms with Gasteiger partial charge in [-0.25, -0.2) is 4.99 Å². The van der Waals surface area contributed by atoms with Gasteiger partial charge in [0.15, 0.2) is 0 Å². The number of ether oxygens (including phenoxy) is 1. The molecule has 1 aromatic carbocycles. The second-order valence-corrected chi connectivity index (χ2v) is 4.40. The molecule has 2 rings (SSSR count). The van der Waals surface area contributed by atoms with Crippen LogP contribution in [0.3, 0.4) is 0 Å². The van der Waals surface area contributed by atoms with Gasteiger partial charge in [0.25, 0.3) is 5.91 Å². The summed E-state index contributed by atoms with van der Waals surface area (Å²) in [6.45, 7) is 3.77. The molecule has 96 valence electrons. The molecule has 5 nitrogen and oxygen atoms in total. The number of guanidine groups is 1. The minimum absolute atomic E-state index is 0.0685. The number of aliphatic imine (C=N–C) groups is 1. The zero-order valence-corrected chi connectivity index (χ0v) is 10.8. The molecule has 5 heteroatoms. The van der Waals surface area contributed by atoms with E-state index in [0.717, 1.165) is 11.4 Å². The van der Waals surface area contributed by atoms with Gasteiger partial charge in [0.05, 0.1) is 7.11 Å². The molecule has 0 aliphatic carbocycles. The van der Waals surface area contributed by atoms with Crippen LogP contribution < -0.4 is 15.4 Å². The van der Waals surface area contributed by atoms with Crippen LogP contribution in [0.2, 0.25) is 0 Å². The number of nitrogens with one attached hydrogen (secondary N) is 2. The smallest absolute Gasteiger partial charge is 0.254 e. The highest BCUT2D eigenvalue weighted by Gasteiger charge is 2.37. The van der Waals surface area contributed by atoms with E-state index in [1.807, 2.05) is 38.1 Å². The summed E-state index contributed by atoms with van der Waals surface area (Å²) in [6.07, 6.45) is 0.673. The molecule has 1 aliphatic heterocycles. The molecule has 2 N–H and O–H groups in total. The fourth-order valence-electron chi connectivity index (χ4n) is 1.68. The van der Waals surface area contributed by atoms with Crippen LogP contribution in [-0.2, 0) is 4.79 Å². The lowest BCUT2D eigenvalue weighted by Crippen LogP contribution is -2.37. The molecule has 1 aliphatic rings. The van der Waals surface area contributed by atoms with Gasteiger partial charge in [0, 0.05) is 5.69 Å². The van der Waals surface area contributed by atoms with Crippen molar-refractivity contribution in [3.63, 3.8) is 0 Å². The van der Waals surface area contributed by atoms with E-state index in [1.54, 1.807) is 7.11 Å². The molecule has 0 aromatic heterocycles. The maximum absolute atomic E-state index is 11.7. The van der Waals surface area contributed by atoms with Gasteiger partial charge in [0.1, 0.15) is 11.3 Å². The van der Waals surface area contributed by atoms with Gasteiger partial charge in [-0.1, -0.05) is 6.92 Å². The standard InChI is InChI=1S/C13H17N3O2/c1-4-13(2)11(17)15-12(16-13)14-9-5-7-10(18-3)8-6-9/h5-8H,4H2,1-3H3,(H2,14,15,16,17). The Bertz CT molecular complexity index is 482. The Morgan fingerprint density at radius 3 is 2.56 bits per heavy atom. The summed E-state index contributed by atoms with van der Waals surface area (Å²) in [5.74, 6) is 1.21. The lowest BCUT2D eigenvalue weighted by molar-refractivity contribution is -0.123. The van der Waals surface area contributed by atoms with Gasteiger partial charge in [-0.2, -0.15) is 0 Å².